The first-order chi connectivity index (χ1) is 10.1. The third-order valence-electron chi connectivity index (χ3n) is 4.07. The van der Waals surface area contributed by atoms with E-state index in [0.717, 1.165) is 17.5 Å². The molecule has 0 bridgehead atoms. The minimum atomic E-state index is -0.984. The average molecular weight is 290 g/mol. The van der Waals surface area contributed by atoms with Crippen molar-refractivity contribution in [2.75, 3.05) is 13.1 Å². The van der Waals surface area contributed by atoms with Gasteiger partial charge in [-0.1, -0.05) is 37.6 Å². The number of nitrogens with zero attached hydrogens (tertiary/aromatic N) is 1. The van der Waals surface area contributed by atoms with Crippen LogP contribution in [0.15, 0.2) is 24.3 Å². The lowest BCUT2D eigenvalue weighted by Gasteiger charge is -2.36. The molecular weight excluding hydrogens is 268 g/mol. The van der Waals surface area contributed by atoms with Crippen molar-refractivity contribution in [1.29, 1.82) is 0 Å². The number of aliphatic carboxylic acids is 1. The zero-order valence-electron chi connectivity index (χ0n) is 12.3. The molecular formula is C16H22N2O3. The molecule has 2 rings (SSSR count). The van der Waals surface area contributed by atoms with Crippen LogP contribution in [0.4, 0.5) is 0 Å². The SMILES string of the molecule is CCCC(CN)C(=O)N1CCc2ccccc2C1C(=O)O. The molecule has 0 fully saturated rings. The van der Waals surface area contributed by atoms with E-state index < -0.39 is 12.0 Å². The summed E-state index contributed by atoms with van der Waals surface area (Å²) in [4.78, 5) is 25.8. The maximum absolute atomic E-state index is 12.6. The number of benzene rings is 1. The number of rotatable bonds is 5. The number of carboxylic acid groups (broad SMARTS) is 1. The minimum Gasteiger partial charge on any atom is -0.479 e. The Morgan fingerprint density at radius 2 is 2.14 bits per heavy atom. The number of fused-ring (bicyclic) bond motifs is 1. The fraction of sp³-hybridized carbons (Fsp3) is 0.500. The summed E-state index contributed by atoms with van der Waals surface area (Å²) in [7, 11) is 0. The second kappa shape index (κ2) is 6.72. The Morgan fingerprint density at radius 3 is 2.76 bits per heavy atom. The average Bonchev–Trinajstić information content (AvgIpc) is 2.50. The van der Waals surface area contributed by atoms with Crippen LogP contribution >= 0.6 is 0 Å². The molecule has 1 heterocycles. The van der Waals surface area contributed by atoms with Crippen molar-refractivity contribution in [3.05, 3.63) is 35.4 Å². The van der Waals surface area contributed by atoms with Crippen LogP contribution in [0.2, 0.25) is 0 Å². The summed E-state index contributed by atoms with van der Waals surface area (Å²) >= 11 is 0. The molecule has 1 aliphatic heterocycles. The molecule has 0 spiro atoms. The van der Waals surface area contributed by atoms with Gasteiger partial charge in [-0.15, -0.1) is 0 Å². The Kier molecular flexibility index (Phi) is 4.96. The Balaban J connectivity index is 2.32. The Labute approximate surface area is 124 Å². The number of hydrogen-bond acceptors (Lipinski definition) is 3. The van der Waals surface area contributed by atoms with E-state index in [2.05, 4.69) is 0 Å². The van der Waals surface area contributed by atoms with Crippen LogP contribution in [0, 0.1) is 5.92 Å². The van der Waals surface area contributed by atoms with Gasteiger partial charge in [0.25, 0.3) is 0 Å². The molecule has 2 unspecified atom stereocenters. The number of carboxylic acids is 1. The largest absolute Gasteiger partial charge is 0.479 e. The van der Waals surface area contributed by atoms with Gasteiger partial charge in [-0.3, -0.25) is 4.79 Å². The number of carbonyl (C=O) groups excluding carboxylic acids is 1. The van der Waals surface area contributed by atoms with Gasteiger partial charge in [0.1, 0.15) is 0 Å². The first-order valence-electron chi connectivity index (χ1n) is 7.41. The van der Waals surface area contributed by atoms with Crippen molar-refractivity contribution in [2.24, 2.45) is 11.7 Å². The molecule has 1 amide bonds. The van der Waals surface area contributed by atoms with E-state index >= 15 is 0 Å². The molecule has 0 aromatic heterocycles. The van der Waals surface area contributed by atoms with Gasteiger partial charge in [-0.25, -0.2) is 4.79 Å². The van der Waals surface area contributed by atoms with Crippen molar-refractivity contribution >= 4 is 11.9 Å². The Hall–Kier alpha value is -1.88. The molecule has 5 nitrogen and oxygen atoms in total. The number of hydrogen-bond donors (Lipinski definition) is 2. The van der Waals surface area contributed by atoms with Crippen LogP contribution in [-0.2, 0) is 16.0 Å². The summed E-state index contributed by atoms with van der Waals surface area (Å²) in [5, 5.41) is 9.56. The van der Waals surface area contributed by atoms with Crippen molar-refractivity contribution < 1.29 is 14.7 Å². The quantitative estimate of drug-likeness (QED) is 0.862. The Morgan fingerprint density at radius 1 is 1.43 bits per heavy atom. The lowest BCUT2D eigenvalue weighted by atomic mass is 9.90. The van der Waals surface area contributed by atoms with Crippen LogP contribution in [0.3, 0.4) is 0 Å². The molecule has 0 saturated heterocycles. The lowest BCUT2D eigenvalue weighted by molar-refractivity contribution is -0.153. The van der Waals surface area contributed by atoms with Crippen molar-refractivity contribution in [2.45, 2.75) is 32.2 Å². The van der Waals surface area contributed by atoms with Crippen molar-refractivity contribution in [3.8, 4) is 0 Å². The topological polar surface area (TPSA) is 83.6 Å². The zero-order valence-corrected chi connectivity index (χ0v) is 12.3. The Bertz CT molecular complexity index is 530. The molecule has 21 heavy (non-hydrogen) atoms. The fourth-order valence-electron chi connectivity index (χ4n) is 3.00. The van der Waals surface area contributed by atoms with E-state index in [4.69, 9.17) is 5.73 Å². The maximum Gasteiger partial charge on any atom is 0.331 e. The smallest absolute Gasteiger partial charge is 0.331 e. The van der Waals surface area contributed by atoms with E-state index in [1.807, 2.05) is 25.1 Å². The van der Waals surface area contributed by atoms with Crippen molar-refractivity contribution in [1.82, 2.24) is 4.90 Å². The number of amides is 1. The van der Waals surface area contributed by atoms with Crippen LogP contribution in [0.5, 0.6) is 0 Å². The summed E-state index contributed by atoms with van der Waals surface area (Å²) in [6, 6.07) is 6.54. The van der Waals surface area contributed by atoms with Crippen LogP contribution in [0.1, 0.15) is 36.9 Å². The predicted molar refractivity (Wildman–Crippen MR) is 79.7 cm³/mol. The van der Waals surface area contributed by atoms with Gasteiger partial charge in [0.15, 0.2) is 6.04 Å². The molecule has 2 atom stereocenters. The molecule has 0 radical (unpaired) electrons. The number of nitrogens with two attached hydrogens (primary N) is 1. The molecule has 5 heteroatoms. The third kappa shape index (κ3) is 3.08. The second-order valence-corrected chi connectivity index (χ2v) is 5.44. The highest BCUT2D eigenvalue weighted by atomic mass is 16.4. The van der Waals surface area contributed by atoms with E-state index in [-0.39, 0.29) is 18.4 Å². The van der Waals surface area contributed by atoms with Gasteiger partial charge in [-0.2, -0.15) is 0 Å². The highest BCUT2D eigenvalue weighted by Crippen LogP contribution is 2.31. The highest BCUT2D eigenvalue weighted by molar-refractivity contribution is 5.87. The van der Waals surface area contributed by atoms with E-state index in [1.54, 1.807) is 6.07 Å². The first kappa shape index (κ1) is 15.5. The van der Waals surface area contributed by atoms with E-state index in [0.29, 0.717) is 19.4 Å². The fourth-order valence-corrected chi connectivity index (χ4v) is 3.00. The van der Waals surface area contributed by atoms with Crippen molar-refractivity contribution in [3.63, 3.8) is 0 Å². The highest BCUT2D eigenvalue weighted by Gasteiger charge is 2.37. The molecule has 0 aliphatic carbocycles. The zero-order chi connectivity index (χ0) is 15.4. The summed E-state index contributed by atoms with van der Waals surface area (Å²) in [6.45, 7) is 2.69. The standard InChI is InChI=1S/C16H22N2O3/c1-2-5-12(10-17)15(19)18-9-8-11-6-3-4-7-13(11)14(18)16(20)21/h3-4,6-7,12,14H,2,5,8-10,17H2,1H3,(H,20,21). The number of carbonyl (C=O) groups is 2. The minimum absolute atomic E-state index is 0.138. The molecule has 0 saturated carbocycles. The summed E-state index contributed by atoms with van der Waals surface area (Å²) in [5.41, 5.74) is 7.42. The second-order valence-electron chi connectivity index (χ2n) is 5.44. The lowest BCUT2D eigenvalue weighted by Crippen LogP contribution is -2.47. The summed E-state index contributed by atoms with van der Waals surface area (Å²) < 4.78 is 0. The van der Waals surface area contributed by atoms with E-state index in [1.165, 1.54) is 4.90 Å². The molecule has 1 aliphatic rings. The monoisotopic (exact) mass is 290 g/mol. The first-order valence-corrected chi connectivity index (χ1v) is 7.41. The maximum atomic E-state index is 12.6. The van der Waals surface area contributed by atoms with Gasteiger partial charge in [0, 0.05) is 13.1 Å². The van der Waals surface area contributed by atoms with E-state index in [9.17, 15) is 14.7 Å². The third-order valence-corrected chi connectivity index (χ3v) is 4.07. The molecule has 1 aromatic carbocycles. The normalized spacial score (nSPS) is 19.0. The van der Waals surface area contributed by atoms with Gasteiger partial charge < -0.3 is 15.7 Å². The molecule has 114 valence electrons. The van der Waals surface area contributed by atoms with Gasteiger partial charge in [0.2, 0.25) is 5.91 Å². The summed E-state index contributed by atoms with van der Waals surface area (Å²) in [5.74, 6) is -1.41. The van der Waals surface area contributed by atoms with Crippen LogP contribution in [-0.4, -0.2) is 35.0 Å². The van der Waals surface area contributed by atoms with Crippen LogP contribution in [0.25, 0.3) is 0 Å². The van der Waals surface area contributed by atoms with Gasteiger partial charge in [-0.05, 0) is 24.0 Å². The van der Waals surface area contributed by atoms with Gasteiger partial charge >= 0.3 is 5.97 Å². The predicted octanol–water partition coefficient (Wildman–Crippen LogP) is 1.57. The summed E-state index contributed by atoms with van der Waals surface area (Å²) in [6.07, 6.45) is 2.24. The van der Waals surface area contributed by atoms with Gasteiger partial charge in [0.05, 0.1) is 5.92 Å². The molecule has 3 N–H and O–H groups in total. The molecule has 1 aromatic rings. The van der Waals surface area contributed by atoms with Crippen LogP contribution < -0.4 is 5.73 Å².